The molecule has 0 aliphatic heterocycles. The number of hydrogen-bond acceptors (Lipinski definition) is 4. The lowest BCUT2D eigenvalue weighted by Gasteiger charge is -2.33. The first-order valence-electron chi connectivity index (χ1n) is 12.2. The van der Waals surface area contributed by atoms with Crippen molar-refractivity contribution in [1.82, 2.24) is 10.6 Å². The number of nitrogens with zero attached hydrogens (tertiary/aromatic N) is 1. The van der Waals surface area contributed by atoms with Crippen molar-refractivity contribution in [3.05, 3.63) is 89.6 Å². The average Bonchev–Trinajstić information content (AvgIpc) is 3.43. The summed E-state index contributed by atoms with van der Waals surface area (Å²) < 4.78 is 20.1. The quantitative estimate of drug-likeness (QED) is 0.479. The van der Waals surface area contributed by atoms with Gasteiger partial charge in [-0.25, -0.2) is 4.39 Å². The number of furan rings is 1. The molecule has 3 aromatic rings. The molecule has 4 rings (SSSR count). The molecule has 36 heavy (non-hydrogen) atoms. The Morgan fingerprint density at radius 1 is 1.00 bits per heavy atom. The Morgan fingerprint density at radius 2 is 1.72 bits per heavy atom. The molecule has 1 aliphatic rings. The third-order valence-electron chi connectivity index (χ3n) is 6.38. The maximum absolute atomic E-state index is 15.1. The number of anilines is 1. The fourth-order valence-corrected chi connectivity index (χ4v) is 4.49. The van der Waals surface area contributed by atoms with Gasteiger partial charge in [0.15, 0.2) is 5.76 Å². The standard InChI is InChI=1S/C28H30FN3O4/c1-19-13-15-20(16-14-19)26(28(35)31-21-8-3-2-4-9-21)32(23-11-6-5-10-22(23)29)25(33)18-30-27(34)24-12-7-17-36-24/h5-7,10-17,21,26H,2-4,8-9,18H2,1H3,(H,30,34)(H,31,35)/t26-/m1/s1. The normalized spacial score (nSPS) is 14.6. The topological polar surface area (TPSA) is 91.7 Å². The lowest BCUT2D eigenvalue weighted by molar-refractivity contribution is -0.127. The van der Waals surface area contributed by atoms with Crippen molar-refractivity contribution in [2.24, 2.45) is 0 Å². The zero-order chi connectivity index (χ0) is 25.5. The van der Waals surface area contributed by atoms with Crippen molar-refractivity contribution in [3.8, 4) is 0 Å². The molecule has 1 saturated carbocycles. The van der Waals surface area contributed by atoms with Crippen LogP contribution in [0.15, 0.2) is 71.3 Å². The highest BCUT2D eigenvalue weighted by Gasteiger charge is 2.35. The fraction of sp³-hybridized carbons (Fsp3) is 0.321. The van der Waals surface area contributed by atoms with E-state index in [-0.39, 0.29) is 23.4 Å². The molecule has 2 aromatic carbocycles. The van der Waals surface area contributed by atoms with E-state index in [0.29, 0.717) is 5.56 Å². The predicted octanol–water partition coefficient (Wildman–Crippen LogP) is 4.68. The number of rotatable bonds is 8. The van der Waals surface area contributed by atoms with Crippen LogP contribution in [0.4, 0.5) is 10.1 Å². The molecule has 0 spiro atoms. The van der Waals surface area contributed by atoms with Crippen LogP contribution < -0.4 is 15.5 Å². The van der Waals surface area contributed by atoms with Gasteiger partial charge in [0.05, 0.1) is 18.5 Å². The molecular formula is C28H30FN3O4. The van der Waals surface area contributed by atoms with Crippen molar-refractivity contribution in [2.75, 3.05) is 11.4 Å². The molecule has 1 heterocycles. The Balaban J connectivity index is 1.68. The summed E-state index contributed by atoms with van der Waals surface area (Å²) in [5, 5.41) is 5.60. The number of aryl methyl sites for hydroxylation is 1. The van der Waals surface area contributed by atoms with Crippen LogP contribution in [0.25, 0.3) is 0 Å². The maximum atomic E-state index is 15.1. The first kappa shape index (κ1) is 25.2. The third-order valence-corrected chi connectivity index (χ3v) is 6.38. The summed E-state index contributed by atoms with van der Waals surface area (Å²) in [6.07, 6.45) is 6.25. The fourth-order valence-electron chi connectivity index (χ4n) is 4.49. The van der Waals surface area contributed by atoms with Gasteiger partial charge in [0.1, 0.15) is 11.9 Å². The van der Waals surface area contributed by atoms with E-state index in [2.05, 4.69) is 10.6 Å². The van der Waals surface area contributed by atoms with Crippen LogP contribution in [-0.4, -0.2) is 30.3 Å². The minimum atomic E-state index is -1.13. The van der Waals surface area contributed by atoms with Crippen molar-refractivity contribution in [3.63, 3.8) is 0 Å². The number of carbonyl (C=O) groups excluding carboxylic acids is 3. The Kier molecular flexibility index (Phi) is 8.15. The summed E-state index contributed by atoms with van der Waals surface area (Å²) in [5.74, 6) is -2.21. The van der Waals surface area contributed by atoms with Gasteiger partial charge in [0, 0.05) is 6.04 Å². The van der Waals surface area contributed by atoms with E-state index < -0.39 is 30.2 Å². The van der Waals surface area contributed by atoms with Crippen LogP contribution in [0.3, 0.4) is 0 Å². The van der Waals surface area contributed by atoms with Crippen molar-refractivity contribution >= 4 is 23.4 Å². The van der Waals surface area contributed by atoms with Crippen LogP contribution in [0.2, 0.25) is 0 Å². The average molecular weight is 492 g/mol. The first-order chi connectivity index (χ1) is 17.4. The van der Waals surface area contributed by atoms with E-state index in [1.165, 1.54) is 30.5 Å². The zero-order valence-electron chi connectivity index (χ0n) is 20.2. The number of nitrogens with one attached hydrogen (secondary N) is 2. The zero-order valence-corrected chi connectivity index (χ0v) is 20.2. The van der Waals surface area contributed by atoms with Gasteiger partial charge in [-0.15, -0.1) is 0 Å². The molecule has 7 nitrogen and oxygen atoms in total. The molecule has 1 fully saturated rings. The molecule has 1 aromatic heterocycles. The van der Waals surface area contributed by atoms with Crippen LogP contribution >= 0.6 is 0 Å². The molecule has 0 unspecified atom stereocenters. The summed E-state index contributed by atoms with van der Waals surface area (Å²) in [4.78, 5) is 40.8. The Hall–Kier alpha value is -3.94. The second-order valence-corrected chi connectivity index (χ2v) is 9.03. The molecule has 3 amide bonds. The maximum Gasteiger partial charge on any atom is 0.287 e. The van der Waals surface area contributed by atoms with Gasteiger partial charge in [-0.05, 0) is 49.6 Å². The monoisotopic (exact) mass is 491 g/mol. The number of carbonyl (C=O) groups is 3. The second kappa shape index (κ2) is 11.7. The van der Waals surface area contributed by atoms with Crippen LogP contribution in [0.1, 0.15) is 59.8 Å². The van der Waals surface area contributed by atoms with E-state index in [9.17, 15) is 14.4 Å². The van der Waals surface area contributed by atoms with Crippen molar-refractivity contribution in [1.29, 1.82) is 0 Å². The van der Waals surface area contributed by atoms with Crippen LogP contribution in [0.5, 0.6) is 0 Å². The van der Waals surface area contributed by atoms with Crippen molar-refractivity contribution in [2.45, 2.75) is 51.1 Å². The van der Waals surface area contributed by atoms with Gasteiger partial charge < -0.3 is 15.1 Å². The number of halogens is 1. The highest BCUT2D eigenvalue weighted by atomic mass is 19.1. The summed E-state index contributed by atoms with van der Waals surface area (Å²) >= 11 is 0. The number of para-hydroxylation sites is 1. The van der Waals surface area contributed by atoms with Gasteiger partial charge in [-0.1, -0.05) is 61.2 Å². The molecule has 188 valence electrons. The van der Waals surface area contributed by atoms with Gasteiger partial charge in [-0.2, -0.15) is 0 Å². The third kappa shape index (κ3) is 6.00. The number of hydrogen-bond donors (Lipinski definition) is 2. The lowest BCUT2D eigenvalue weighted by Crippen LogP contribution is -2.50. The molecule has 1 atom stereocenters. The summed E-state index contributed by atoms with van der Waals surface area (Å²) in [7, 11) is 0. The van der Waals surface area contributed by atoms with Gasteiger partial charge in [0.2, 0.25) is 11.8 Å². The van der Waals surface area contributed by atoms with Crippen LogP contribution in [0, 0.1) is 12.7 Å². The lowest BCUT2D eigenvalue weighted by atomic mass is 9.94. The molecule has 8 heteroatoms. The molecule has 1 aliphatic carbocycles. The molecule has 0 saturated heterocycles. The van der Waals surface area contributed by atoms with Gasteiger partial charge in [-0.3, -0.25) is 19.3 Å². The minimum absolute atomic E-state index is 0.00424. The number of amides is 3. The predicted molar refractivity (Wildman–Crippen MR) is 134 cm³/mol. The largest absolute Gasteiger partial charge is 0.459 e. The van der Waals surface area contributed by atoms with Gasteiger partial charge in [0.25, 0.3) is 5.91 Å². The summed E-state index contributed by atoms with van der Waals surface area (Å²) in [5.41, 5.74) is 1.49. The Morgan fingerprint density at radius 3 is 2.39 bits per heavy atom. The summed E-state index contributed by atoms with van der Waals surface area (Å²) in [6, 6.07) is 14.9. The molecule has 0 radical (unpaired) electrons. The highest BCUT2D eigenvalue weighted by Crippen LogP contribution is 2.31. The summed E-state index contributed by atoms with van der Waals surface area (Å²) in [6.45, 7) is 1.47. The second-order valence-electron chi connectivity index (χ2n) is 9.03. The van der Waals surface area contributed by atoms with Crippen molar-refractivity contribution < 1.29 is 23.2 Å². The minimum Gasteiger partial charge on any atom is -0.459 e. The van der Waals surface area contributed by atoms with E-state index in [1.807, 2.05) is 19.1 Å². The first-order valence-corrected chi connectivity index (χ1v) is 12.2. The van der Waals surface area contributed by atoms with E-state index in [0.717, 1.165) is 42.6 Å². The highest BCUT2D eigenvalue weighted by molar-refractivity contribution is 6.04. The smallest absolute Gasteiger partial charge is 0.287 e. The SMILES string of the molecule is Cc1ccc([C@H](C(=O)NC2CCCCC2)N(C(=O)CNC(=O)c2ccco2)c2ccccc2F)cc1. The van der Waals surface area contributed by atoms with E-state index >= 15 is 4.39 Å². The molecular weight excluding hydrogens is 461 g/mol. The van der Waals surface area contributed by atoms with Gasteiger partial charge >= 0.3 is 0 Å². The Bertz CT molecular complexity index is 1190. The molecule has 0 bridgehead atoms. The van der Waals surface area contributed by atoms with E-state index in [4.69, 9.17) is 4.42 Å². The van der Waals surface area contributed by atoms with E-state index in [1.54, 1.807) is 24.3 Å². The Labute approximate surface area is 209 Å². The van der Waals surface area contributed by atoms with Crippen LogP contribution in [-0.2, 0) is 9.59 Å². The number of benzene rings is 2. The molecule has 2 N–H and O–H groups in total.